The van der Waals surface area contributed by atoms with E-state index in [9.17, 15) is 0 Å². The number of nitrogens with zero attached hydrogens (tertiary/aromatic N) is 16. The van der Waals surface area contributed by atoms with Crippen LogP contribution in [0.1, 0.15) is 85.1 Å². The van der Waals surface area contributed by atoms with Crippen LogP contribution >= 0.6 is 0 Å². The number of rotatable bonds is 0. The monoisotopic (exact) mass is 913 g/mol. The van der Waals surface area contributed by atoms with Crippen LogP contribution in [0, 0.1) is 104 Å². The van der Waals surface area contributed by atoms with E-state index in [0.717, 1.165) is 62.8 Å². The van der Waals surface area contributed by atoms with Crippen molar-refractivity contribution in [3.05, 3.63) is 184 Å². The zero-order chi connectivity index (χ0) is 50.3. The maximum Gasteiger partial charge on any atom is 0.105 e. The molecular weight excluding hydrogens is 841 g/mol. The molecule has 67 heavy (non-hydrogen) atoms. The second-order valence-corrected chi connectivity index (χ2v) is 15.5. The highest BCUT2D eigenvalue weighted by molar-refractivity contribution is 5.15. The molecular formula is C49H72N18. The Balaban J connectivity index is 0.000000377. The highest BCUT2D eigenvalue weighted by Crippen LogP contribution is 1.99. The molecule has 18 nitrogen and oxygen atoms in total. The second-order valence-electron chi connectivity index (χ2n) is 15.5. The zero-order valence-corrected chi connectivity index (χ0v) is 42.9. The van der Waals surface area contributed by atoms with Crippen molar-refractivity contribution in [2.24, 2.45) is 21.1 Å². The van der Waals surface area contributed by atoms with E-state index < -0.39 is 0 Å². The summed E-state index contributed by atoms with van der Waals surface area (Å²) in [5.41, 5.74) is 14.3. The lowest BCUT2D eigenvalue weighted by Gasteiger charge is -1.91. The molecule has 9 heterocycles. The average Bonchev–Trinajstić information content (AvgIpc) is 4.14. The molecule has 0 aliphatic heterocycles. The third-order valence-corrected chi connectivity index (χ3v) is 9.07. The number of hydrogen-bond donors (Lipinski definition) is 2. The van der Waals surface area contributed by atoms with Crippen molar-refractivity contribution in [3.8, 4) is 0 Å². The fourth-order valence-corrected chi connectivity index (χ4v) is 4.36. The van der Waals surface area contributed by atoms with Gasteiger partial charge in [0.15, 0.2) is 0 Å². The van der Waals surface area contributed by atoms with E-state index >= 15 is 0 Å². The van der Waals surface area contributed by atoms with Crippen molar-refractivity contribution in [1.82, 2.24) is 89.4 Å². The van der Waals surface area contributed by atoms with Gasteiger partial charge in [-0.15, -0.1) is 0 Å². The maximum atomic E-state index is 3.98. The first-order valence-electron chi connectivity index (χ1n) is 21.5. The lowest BCUT2D eigenvalue weighted by atomic mass is 10.2. The molecule has 0 aliphatic carbocycles. The summed E-state index contributed by atoms with van der Waals surface area (Å²) in [6.45, 7) is 29.6. The summed E-state index contributed by atoms with van der Waals surface area (Å²) in [5.74, 6) is 2.04. The van der Waals surface area contributed by atoms with Crippen LogP contribution in [-0.2, 0) is 21.1 Å². The van der Waals surface area contributed by atoms with Gasteiger partial charge in [0, 0.05) is 75.4 Å². The molecule has 0 radical (unpaired) electrons. The number of aryl methyl sites for hydroxylation is 18. The Morgan fingerprint density at radius 3 is 1.36 bits per heavy atom. The van der Waals surface area contributed by atoms with Gasteiger partial charge in [-0.25, -0.2) is 24.9 Å². The van der Waals surface area contributed by atoms with E-state index in [2.05, 4.69) is 75.7 Å². The molecule has 0 bridgehead atoms. The number of hydrogen-bond acceptors (Lipinski definition) is 13. The van der Waals surface area contributed by atoms with Gasteiger partial charge in [0.2, 0.25) is 0 Å². The molecule has 0 aromatic carbocycles. The Hall–Kier alpha value is -7.63. The van der Waals surface area contributed by atoms with Gasteiger partial charge in [0.05, 0.1) is 71.7 Å². The Morgan fingerprint density at radius 1 is 0.493 bits per heavy atom. The molecule has 0 atom stereocenters. The van der Waals surface area contributed by atoms with E-state index in [4.69, 9.17) is 0 Å². The predicted octanol–water partition coefficient (Wildman–Crippen LogP) is 8.61. The summed E-state index contributed by atoms with van der Waals surface area (Å²) in [4.78, 5) is 25.7. The maximum absolute atomic E-state index is 3.98. The normalized spacial score (nSPS) is 9.34. The van der Waals surface area contributed by atoms with Crippen LogP contribution in [0.4, 0.5) is 0 Å². The van der Waals surface area contributed by atoms with Gasteiger partial charge in [0.1, 0.15) is 11.6 Å². The fraction of sp³-hybridized carbons (Fsp3) is 0.367. The molecule has 0 saturated heterocycles. The molecule has 0 amide bonds. The number of nitrogens with one attached hydrogen (secondary N) is 2. The minimum Gasteiger partial charge on any atom is -0.348 e. The van der Waals surface area contributed by atoms with Crippen LogP contribution < -0.4 is 0 Å². The Kier molecular flexibility index (Phi) is 27.5. The van der Waals surface area contributed by atoms with Crippen LogP contribution in [0.3, 0.4) is 0 Å². The highest BCUT2D eigenvalue weighted by atomic mass is 15.1. The second kappa shape index (κ2) is 32.1. The largest absolute Gasteiger partial charge is 0.348 e. The first-order chi connectivity index (χ1) is 31.7. The van der Waals surface area contributed by atoms with Crippen molar-refractivity contribution >= 4 is 0 Å². The quantitative estimate of drug-likeness (QED) is 0.146. The van der Waals surface area contributed by atoms with Crippen LogP contribution in [0.2, 0.25) is 0 Å². The van der Waals surface area contributed by atoms with Crippen LogP contribution in [0.5, 0.6) is 0 Å². The number of H-pyrrole nitrogens is 2. The average molecular weight is 913 g/mol. The smallest absolute Gasteiger partial charge is 0.105 e. The molecule has 0 spiro atoms. The standard InChI is InChI=1S/4C6H8N2.5C5H8N2/c1-5-3-7-8-4-6(5)2;1-5-3-6(2)8-7-4-5;1-5-3-4-7-8-6(5)2;1-5-3-4-6(2)8-7-5;1-5-3-7(2)4-6-5;1-5-3-6-4-7(5)2;1-5-6-3-4-7(5)2;1-4-5(2)7-3-6-4;1-4-3-6-5(2)7-4/h4*3-4H,1-2H3;3*3-4H,1-2H3;2*3H,1-2H3,(H,6,7). The molecule has 9 aromatic rings. The van der Waals surface area contributed by atoms with Crippen molar-refractivity contribution < 1.29 is 0 Å². The molecule has 0 saturated carbocycles. The summed E-state index contributed by atoms with van der Waals surface area (Å²) in [7, 11) is 5.91. The minimum absolute atomic E-state index is 0.968. The third-order valence-electron chi connectivity index (χ3n) is 9.07. The molecule has 358 valence electrons. The van der Waals surface area contributed by atoms with Gasteiger partial charge in [0.25, 0.3) is 0 Å². The van der Waals surface area contributed by atoms with Gasteiger partial charge in [-0.05, 0) is 150 Å². The Labute approximate surface area is 397 Å². The van der Waals surface area contributed by atoms with E-state index in [-0.39, 0.29) is 0 Å². The summed E-state index contributed by atoms with van der Waals surface area (Å²) in [6.07, 6.45) is 21.6. The van der Waals surface area contributed by atoms with E-state index in [1.165, 1.54) is 22.4 Å². The third kappa shape index (κ3) is 27.3. The van der Waals surface area contributed by atoms with E-state index in [0.29, 0.717) is 0 Å². The van der Waals surface area contributed by atoms with E-state index in [1.807, 2.05) is 188 Å². The van der Waals surface area contributed by atoms with Crippen molar-refractivity contribution in [3.63, 3.8) is 0 Å². The predicted molar refractivity (Wildman–Crippen MR) is 266 cm³/mol. The molecule has 0 fully saturated rings. The molecule has 0 unspecified atom stereocenters. The zero-order valence-electron chi connectivity index (χ0n) is 42.9. The SMILES string of the molecule is Cc1ccc(C)nn1.Cc1ccnnc1C.Cc1cn(C)cn1.Cc1cnc(C)[nH]1.Cc1cncn1C.Cc1cnnc(C)c1.Cc1cnncc1C.Cc1nc[nH]c1C.Cc1nccn1C. The topological polar surface area (TPSA) is 214 Å². The summed E-state index contributed by atoms with van der Waals surface area (Å²) < 4.78 is 5.87. The Morgan fingerprint density at radius 2 is 1.13 bits per heavy atom. The molecule has 18 heteroatoms. The van der Waals surface area contributed by atoms with Gasteiger partial charge >= 0.3 is 0 Å². The van der Waals surface area contributed by atoms with Gasteiger partial charge in [-0.3, -0.25) is 0 Å². The summed E-state index contributed by atoms with van der Waals surface area (Å²) >= 11 is 0. The van der Waals surface area contributed by atoms with Crippen molar-refractivity contribution in [2.75, 3.05) is 0 Å². The highest BCUT2D eigenvalue weighted by Gasteiger charge is 1.90. The number of aromatic nitrogens is 18. The van der Waals surface area contributed by atoms with Crippen LogP contribution in [0.15, 0.2) is 99.0 Å². The van der Waals surface area contributed by atoms with Gasteiger partial charge < -0.3 is 23.7 Å². The Bertz CT molecular complexity index is 2310. The molecule has 9 rings (SSSR count). The van der Waals surface area contributed by atoms with Crippen LogP contribution in [0.25, 0.3) is 0 Å². The van der Waals surface area contributed by atoms with Crippen molar-refractivity contribution in [1.29, 1.82) is 0 Å². The summed E-state index contributed by atoms with van der Waals surface area (Å²) in [6, 6.07) is 7.83. The summed E-state index contributed by atoms with van der Waals surface area (Å²) in [5, 5.41) is 30.1. The number of imidazole rings is 5. The van der Waals surface area contributed by atoms with Gasteiger partial charge in [-0.2, -0.15) is 40.8 Å². The molecule has 0 aliphatic rings. The van der Waals surface area contributed by atoms with E-state index in [1.54, 1.807) is 50.0 Å². The lowest BCUT2D eigenvalue weighted by molar-refractivity contribution is 0.858. The lowest BCUT2D eigenvalue weighted by Crippen LogP contribution is -1.86. The first-order valence-corrected chi connectivity index (χ1v) is 21.5. The first kappa shape index (κ1) is 57.4. The molecule has 2 N–H and O–H groups in total. The van der Waals surface area contributed by atoms with Crippen LogP contribution in [-0.4, -0.2) is 89.4 Å². The molecule has 9 aromatic heterocycles. The fourth-order valence-electron chi connectivity index (χ4n) is 4.36. The van der Waals surface area contributed by atoms with Gasteiger partial charge in [-0.1, -0.05) is 0 Å². The minimum atomic E-state index is 0.968. The number of aromatic amines is 2. The van der Waals surface area contributed by atoms with Crippen molar-refractivity contribution in [2.45, 2.75) is 104 Å².